The molecule has 0 amide bonds. The van der Waals surface area contributed by atoms with Crippen LogP contribution in [0.1, 0.15) is 97.2 Å². The number of hydrogen-bond acceptors (Lipinski definition) is 6. The summed E-state index contributed by atoms with van der Waals surface area (Å²) in [5.74, 6) is 1.71. The minimum atomic E-state index is -0.200. The van der Waals surface area contributed by atoms with E-state index in [1.165, 1.54) is 89.0 Å². The van der Waals surface area contributed by atoms with E-state index in [-0.39, 0.29) is 16.2 Å². The second-order valence-electron chi connectivity index (χ2n) is 21.7. The molecule has 4 aromatic heterocycles. The summed E-state index contributed by atoms with van der Waals surface area (Å²) >= 11 is 0. The van der Waals surface area contributed by atoms with Crippen molar-refractivity contribution in [2.45, 2.75) is 57.8 Å². The number of nitrogens with zero attached hydrogens (tertiary/aromatic N) is 6. The van der Waals surface area contributed by atoms with E-state index < -0.39 is 0 Å². The van der Waals surface area contributed by atoms with Crippen molar-refractivity contribution in [1.29, 1.82) is 0 Å². The molecule has 75 heavy (non-hydrogen) atoms. The Bertz CT molecular complexity index is 3580. The van der Waals surface area contributed by atoms with E-state index in [2.05, 4.69) is 207 Å². The predicted octanol–water partition coefficient (Wildman–Crippen LogP) is 17.5. The normalized spacial score (nSPS) is 14.7. The minimum absolute atomic E-state index is 0.158. The fourth-order valence-electron chi connectivity index (χ4n) is 12.1. The third-order valence-electron chi connectivity index (χ3n) is 16.1. The van der Waals surface area contributed by atoms with Crippen molar-refractivity contribution >= 4 is 58.7 Å². The molecule has 0 aliphatic heterocycles. The van der Waals surface area contributed by atoms with E-state index in [9.17, 15) is 0 Å². The Balaban J connectivity index is 0.731. The lowest BCUT2D eigenvalue weighted by Gasteiger charge is -2.27. The van der Waals surface area contributed by atoms with Gasteiger partial charge in [-0.1, -0.05) is 163 Å². The van der Waals surface area contributed by atoms with Crippen LogP contribution < -0.4 is 9.80 Å². The lowest BCUT2D eigenvalue weighted by molar-refractivity contribution is 0.660. The maximum Gasteiger partial charge on any atom is 0.137 e. The van der Waals surface area contributed by atoms with Gasteiger partial charge in [0.05, 0.1) is 23.8 Å². The molecule has 0 saturated heterocycles. The Kier molecular flexibility index (Phi) is 10.8. The Hall–Kier alpha value is -9.00. The molecule has 362 valence electrons. The van der Waals surface area contributed by atoms with Crippen LogP contribution in [0.15, 0.2) is 207 Å². The molecular weight excluding hydrogens is 913 g/mol. The van der Waals surface area contributed by atoms with E-state index in [4.69, 9.17) is 9.97 Å². The predicted molar refractivity (Wildman–Crippen MR) is 310 cm³/mol. The van der Waals surface area contributed by atoms with Crippen LogP contribution in [0.3, 0.4) is 0 Å². The first-order valence-corrected chi connectivity index (χ1v) is 25.9. The van der Waals surface area contributed by atoms with Gasteiger partial charge in [-0.05, 0) is 162 Å². The zero-order chi connectivity index (χ0) is 51.1. The summed E-state index contributed by atoms with van der Waals surface area (Å²) in [6.07, 6.45) is 20.2. The highest BCUT2D eigenvalue weighted by molar-refractivity contribution is 5.90. The van der Waals surface area contributed by atoms with Gasteiger partial charge in [0.25, 0.3) is 0 Å². The van der Waals surface area contributed by atoms with E-state index in [0.717, 1.165) is 34.4 Å². The van der Waals surface area contributed by atoms with Gasteiger partial charge in [0.1, 0.15) is 11.6 Å². The van der Waals surface area contributed by atoms with Crippen molar-refractivity contribution in [2.24, 2.45) is 0 Å². The zero-order valence-corrected chi connectivity index (χ0v) is 43.1. The fourth-order valence-corrected chi connectivity index (χ4v) is 12.1. The maximum atomic E-state index is 4.73. The number of fused-ring (bicyclic) bond motifs is 9. The highest BCUT2D eigenvalue weighted by atomic mass is 15.2. The number of hydrogen-bond donors (Lipinski definition) is 0. The molecule has 3 aliphatic carbocycles. The van der Waals surface area contributed by atoms with Crippen molar-refractivity contribution in [1.82, 2.24) is 19.9 Å². The molecule has 6 aromatic carbocycles. The number of pyridine rings is 4. The first-order valence-electron chi connectivity index (χ1n) is 25.9. The van der Waals surface area contributed by atoms with Crippen LogP contribution in [-0.2, 0) is 16.2 Å². The summed E-state index contributed by atoms with van der Waals surface area (Å²) in [5.41, 5.74) is 24.1. The summed E-state index contributed by atoms with van der Waals surface area (Å²) in [5, 5.41) is 0. The van der Waals surface area contributed by atoms with Crippen LogP contribution in [-0.4, -0.2) is 19.9 Å². The molecule has 0 atom stereocenters. The topological polar surface area (TPSA) is 58.0 Å². The van der Waals surface area contributed by atoms with E-state index in [1.54, 1.807) is 0 Å². The van der Waals surface area contributed by atoms with Gasteiger partial charge in [-0.15, -0.1) is 0 Å². The lowest BCUT2D eigenvalue weighted by atomic mass is 9.81. The summed E-state index contributed by atoms with van der Waals surface area (Å²) in [6.45, 7) is 14.1. The highest BCUT2D eigenvalue weighted by Gasteiger charge is 2.39. The SMILES string of the molecule is CC1(C)c2cc(/C=C/c3ccc4c(c3)C(C)(C)c3cc(N(c5cccnc5)c5ccccn5)ccc3-4)ccc2-c2ccc(/C=C/c3ccc4c(c3)C(C)(C)c3cc(N(c5cccnc5)c5ccccn5)ccc3-4)cc21. The third kappa shape index (κ3) is 7.70. The zero-order valence-electron chi connectivity index (χ0n) is 43.1. The average Bonchev–Trinajstić information content (AvgIpc) is 4.05. The Labute approximate surface area is 440 Å². The van der Waals surface area contributed by atoms with Crippen molar-refractivity contribution in [3.8, 4) is 33.4 Å². The molecule has 0 N–H and O–H groups in total. The molecule has 4 heterocycles. The number of anilines is 6. The smallest absolute Gasteiger partial charge is 0.137 e. The van der Waals surface area contributed by atoms with Crippen molar-refractivity contribution in [3.63, 3.8) is 0 Å². The number of rotatable bonds is 10. The van der Waals surface area contributed by atoms with Crippen LogP contribution in [0.2, 0.25) is 0 Å². The van der Waals surface area contributed by atoms with Crippen molar-refractivity contribution < 1.29 is 0 Å². The molecule has 13 rings (SSSR count). The largest absolute Gasteiger partial charge is 0.293 e. The van der Waals surface area contributed by atoms with E-state index >= 15 is 0 Å². The monoisotopic (exact) mass is 968 g/mol. The summed E-state index contributed by atoms with van der Waals surface area (Å²) < 4.78 is 0. The number of benzene rings is 6. The van der Waals surface area contributed by atoms with Crippen molar-refractivity contribution in [2.75, 3.05) is 9.80 Å². The summed E-state index contributed by atoms with van der Waals surface area (Å²) in [7, 11) is 0. The molecule has 0 spiro atoms. The van der Waals surface area contributed by atoms with Crippen LogP contribution >= 0.6 is 0 Å². The van der Waals surface area contributed by atoms with Crippen LogP contribution in [0.5, 0.6) is 0 Å². The molecule has 0 fully saturated rings. The lowest BCUT2D eigenvalue weighted by Crippen LogP contribution is -2.17. The Morgan fingerprint density at radius 3 is 0.920 bits per heavy atom. The van der Waals surface area contributed by atoms with E-state index in [0.29, 0.717) is 0 Å². The van der Waals surface area contributed by atoms with Crippen LogP contribution in [0.4, 0.5) is 34.4 Å². The van der Waals surface area contributed by atoms with Gasteiger partial charge in [0, 0.05) is 52.4 Å². The van der Waals surface area contributed by atoms with Gasteiger partial charge in [0.2, 0.25) is 0 Å². The molecule has 6 heteroatoms. The van der Waals surface area contributed by atoms with Gasteiger partial charge in [0.15, 0.2) is 0 Å². The van der Waals surface area contributed by atoms with E-state index in [1.807, 2.05) is 85.7 Å². The van der Waals surface area contributed by atoms with Gasteiger partial charge in [-0.25, -0.2) is 9.97 Å². The fraction of sp³-hybridized carbons (Fsp3) is 0.130. The average molecular weight is 969 g/mol. The van der Waals surface area contributed by atoms with Crippen LogP contribution in [0, 0.1) is 0 Å². The second-order valence-corrected chi connectivity index (χ2v) is 21.7. The first kappa shape index (κ1) is 45.8. The summed E-state index contributed by atoms with van der Waals surface area (Å²) in [4.78, 5) is 22.7. The molecular formula is C69H56N6. The summed E-state index contributed by atoms with van der Waals surface area (Å²) in [6, 6.07) is 61.6. The maximum absolute atomic E-state index is 4.73. The standard InChI is InChI=1S/C69H56N6/c1-67(2)59-37-45(17-19-47-23-29-55-57-31-25-49(41-63(57)68(3,4)61(55)39-47)74(51-13-11-33-70-43-51)65-15-7-9-35-72-65)21-27-53(59)54-28-22-46(38-60(54)67)18-20-48-24-30-56-58-32-26-50(42-64(58)69(5,6)62(56)40-48)75(52-14-12-34-71-44-52)66-16-8-10-36-73-66/h7-44H,1-6H3/b19-17+,20-18+. The van der Waals surface area contributed by atoms with Crippen LogP contribution in [0.25, 0.3) is 57.7 Å². The van der Waals surface area contributed by atoms with Gasteiger partial charge in [-0.3, -0.25) is 19.8 Å². The molecule has 0 bridgehead atoms. The minimum Gasteiger partial charge on any atom is -0.293 e. The molecule has 0 unspecified atom stereocenters. The van der Waals surface area contributed by atoms with Crippen molar-refractivity contribution in [3.05, 3.63) is 263 Å². The first-order chi connectivity index (χ1) is 36.4. The third-order valence-corrected chi connectivity index (χ3v) is 16.1. The molecule has 0 radical (unpaired) electrons. The van der Waals surface area contributed by atoms with Gasteiger partial charge >= 0.3 is 0 Å². The second kappa shape index (κ2) is 17.6. The van der Waals surface area contributed by atoms with Gasteiger partial charge in [-0.2, -0.15) is 0 Å². The molecule has 10 aromatic rings. The number of aromatic nitrogens is 4. The molecule has 0 saturated carbocycles. The Morgan fingerprint density at radius 2 is 0.627 bits per heavy atom. The Morgan fingerprint density at radius 1 is 0.307 bits per heavy atom. The highest BCUT2D eigenvalue weighted by Crippen LogP contribution is 2.54. The quantitative estimate of drug-likeness (QED) is 0.127. The molecule has 6 nitrogen and oxygen atoms in total. The molecule has 3 aliphatic rings. The van der Waals surface area contributed by atoms with Gasteiger partial charge < -0.3 is 0 Å².